The molecule has 1 aliphatic carbocycles. The summed E-state index contributed by atoms with van der Waals surface area (Å²) >= 11 is 1.35. The van der Waals surface area contributed by atoms with Gasteiger partial charge in [-0.1, -0.05) is 6.07 Å². The quantitative estimate of drug-likeness (QED) is 0.346. The number of rotatable bonds is 8. The maximum atomic E-state index is 13.0. The molecule has 2 aromatic heterocycles. The molecule has 41 heavy (non-hydrogen) atoms. The smallest absolute Gasteiger partial charge is 0.383 e. The van der Waals surface area contributed by atoms with Crippen LogP contribution in [-0.2, 0) is 21.4 Å². The third-order valence-electron chi connectivity index (χ3n) is 7.50. The van der Waals surface area contributed by atoms with Crippen molar-refractivity contribution in [1.82, 2.24) is 25.2 Å². The summed E-state index contributed by atoms with van der Waals surface area (Å²) in [5, 5.41) is 17.7. The molecule has 13 heteroatoms. The number of aliphatic hydroxyl groups is 1. The van der Waals surface area contributed by atoms with E-state index in [2.05, 4.69) is 25.6 Å². The van der Waals surface area contributed by atoms with Crippen molar-refractivity contribution in [3.05, 3.63) is 52.9 Å². The van der Waals surface area contributed by atoms with E-state index in [1.54, 1.807) is 23.2 Å². The van der Waals surface area contributed by atoms with Crippen molar-refractivity contribution in [3.63, 3.8) is 0 Å². The molecular weight excluding hydrogens is 557 g/mol. The second kappa shape index (κ2) is 11.7. The van der Waals surface area contributed by atoms with Crippen LogP contribution in [0.15, 0.2) is 36.7 Å². The SMILES string of the molecule is Cc1cc(Nc2nccc(C(F)(F)F)n2)cc(-c2cnc([C@]3(O)CC[C@@H](C(=O)NCCN4CCCC4=O)CC3)s2)c1. The number of hydrogen-bond acceptors (Lipinski definition) is 8. The number of hydrogen-bond donors (Lipinski definition) is 3. The lowest BCUT2D eigenvalue weighted by atomic mass is 9.78. The summed E-state index contributed by atoms with van der Waals surface area (Å²) in [5.74, 6) is -0.288. The maximum Gasteiger partial charge on any atom is 0.433 e. The van der Waals surface area contributed by atoms with Gasteiger partial charge in [-0.15, -0.1) is 11.3 Å². The number of thiazole rings is 1. The molecule has 0 bridgehead atoms. The molecule has 0 spiro atoms. The van der Waals surface area contributed by atoms with Crippen molar-refractivity contribution < 1.29 is 27.9 Å². The van der Waals surface area contributed by atoms with Crippen LogP contribution < -0.4 is 10.6 Å². The summed E-state index contributed by atoms with van der Waals surface area (Å²) in [4.78, 5) is 38.9. The third kappa shape index (κ3) is 6.84. The van der Waals surface area contributed by atoms with Gasteiger partial charge in [0, 0.05) is 50.1 Å². The van der Waals surface area contributed by atoms with Gasteiger partial charge in [0.1, 0.15) is 16.3 Å². The molecule has 1 aromatic carbocycles. The number of nitrogens with zero attached hydrogens (tertiary/aromatic N) is 4. The first-order valence-electron chi connectivity index (χ1n) is 13.5. The first-order valence-corrected chi connectivity index (χ1v) is 14.4. The van der Waals surface area contributed by atoms with Crippen LogP contribution in [0.25, 0.3) is 10.4 Å². The van der Waals surface area contributed by atoms with Crippen LogP contribution in [-0.4, -0.2) is 56.4 Å². The molecule has 0 radical (unpaired) electrons. The highest BCUT2D eigenvalue weighted by molar-refractivity contribution is 7.15. The summed E-state index contributed by atoms with van der Waals surface area (Å²) in [6, 6.07) is 6.29. The van der Waals surface area contributed by atoms with Gasteiger partial charge in [-0.3, -0.25) is 9.59 Å². The first kappa shape index (κ1) is 28.9. The number of carbonyl (C=O) groups excluding carboxylic acids is 2. The predicted octanol–water partition coefficient (Wildman–Crippen LogP) is 4.79. The number of likely N-dealkylation sites (tertiary alicyclic amines) is 1. The second-order valence-electron chi connectivity index (χ2n) is 10.6. The third-order valence-corrected chi connectivity index (χ3v) is 8.74. The number of aromatic nitrogens is 3. The largest absolute Gasteiger partial charge is 0.433 e. The standard InChI is InChI=1S/C28H31F3N6O3S/c1-17-13-19(15-20(14-17)35-26-33-9-6-22(36-26)28(29,30)31)21-16-34-25(41-21)27(40)7-4-18(5-8-27)24(39)32-10-12-37-11-2-3-23(37)38/h6,9,13-16,18,40H,2-5,7-8,10-12H2,1H3,(H,32,39)(H,33,35,36)/t18-,27+. The molecule has 2 fully saturated rings. The number of anilines is 2. The normalized spacial score (nSPS) is 21.2. The minimum atomic E-state index is -4.58. The Bertz CT molecular complexity index is 1420. The molecule has 218 valence electrons. The number of amides is 2. The van der Waals surface area contributed by atoms with E-state index in [1.165, 1.54) is 11.3 Å². The number of alkyl halides is 3. The van der Waals surface area contributed by atoms with Crippen molar-refractivity contribution in [3.8, 4) is 10.4 Å². The van der Waals surface area contributed by atoms with Crippen molar-refractivity contribution in [2.45, 2.75) is 57.2 Å². The maximum absolute atomic E-state index is 13.0. The van der Waals surface area contributed by atoms with Gasteiger partial charge in [0.25, 0.3) is 0 Å². The lowest BCUT2D eigenvalue weighted by molar-refractivity contribution is -0.141. The fourth-order valence-electron chi connectivity index (χ4n) is 5.30. The van der Waals surface area contributed by atoms with E-state index in [9.17, 15) is 27.9 Å². The number of carbonyl (C=O) groups is 2. The van der Waals surface area contributed by atoms with E-state index in [-0.39, 0.29) is 23.7 Å². The Kier molecular flexibility index (Phi) is 8.28. The van der Waals surface area contributed by atoms with Crippen LogP contribution in [0.5, 0.6) is 0 Å². The van der Waals surface area contributed by atoms with Crippen molar-refractivity contribution in [2.24, 2.45) is 5.92 Å². The average Bonchev–Trinajstić information content (AvgIpc) is 3.58. The van der Waals surface area contributed by atoms with Gasteiger partial charge in [-0.05, 0) is 68.4 Å². The fraction of sp³-hybridized carbons (Fsp3) is 0.464. The van der Waals surface area contributed by atoms with E-state index >= 15 is 0 Å². The molecule has 3 aromatic rings. The van der Waals surface area contributed by atoms with Crippen LogP contribution in [0, 0.1) is 12.8 Å². The molecule has 3 N–H and O–H groups in total. The molecule has 2 amide bonds. The molecule has 0 unspecified atom stereocenters. The van der Waals surface area contributed by atoms with E-state index in [0.717, 1.165) is 41.2 Å². The van der Waals surface area contributed by atoms with Gasteiger partial charge < -0.3 is 20.6 Å². The molecule has 0 atom stereocenters. The van der Waals surface area contributed by atoms with Crippen molar-refractivity contribution >= 4 is 34.8 Å². The summed E-state index contributed by atoms with van der Waals surface area (Å²) in [7, 11) is 0. The zero-order valence-electron chi connectivity index (χ0n) is 22.5. The van der Waals surface area contributed by atoms with Crippen LogP contribution in [0.3, 0.4) is 0 Å². The Hall–Kier alpha value is -3.58. The summed E-state index contributed by atoms with van der Waals surface area (Å²) in [5.41, 5.74) is 0.00329. The Labute approximate surface area is 239 Å². The summed E-state index contributed by atoms with van der Waals surface area (Å²) in [6.45, 7) is 3.55. The Morgan fingerprint density at radius 3 is 2.71 bits per heavy atom. The first-order chi connectivity index (χ1) is 19.5. The zero-order valence-corrected chi connectivity index (χ0v) is 23.3. The minimum Gasteiger partial charge on any atom is -0.383 e. The molecule has 5 rings (SSSR count). The lowest BCUT2D eigenvalue weighted by Gasteiger charge is -2.34. The molecule has 1 saturated heterocycles. The van der Waals surface area contributed by atoms with Gasteiger partial charge in [0.2, 0.25) is 17.8 Å². The Balaban J connectivity index is 1.20. The zero-order chi connectivity index (χ0) is 29.2. The molecule has 1 saturated carbocycles. The van der Waals surface area contributed by atoms with Crippen molar-refractivity contribution in [1.29, 1.82) is 0 Å². The van der Waals surface area contributed by atoms with E-state index < -0.39 is 17.5 Å². The average molecular weight is 589 g/mol. The topological polar surface area (TPSA) is 120 Å². The van der Waals surface area contributed by atoms with Crippen molar-refractivity contribution in [2.75, 3.05) is 25.0 Å². The predicted molar refractivity (Wildman–Crippen MR) is 147 cm³/mol. The molecule has 3 heterocycles. The minimum absolute atomic E-state index is 0.0527. The fourth-order valence-corrected chi connectivity index (χ4v) is 6.35. The monoisotopic (exact) mass is 588 g/mol. The van der Waals surface area contributed by atoms with E-state index in [1.807, 2.05) is 13.0 Å². The van der Waals surface area contributed by atoms with Gasteiger partial charge >= 0.3 is 6.18 Å². The van der Waals surface area contributed by atoms with Crippen LogP contribution in [0.2, 0.25) is 0 Å². The number of nitrogens with one attached hydrogen (secondary N) is 2. The number of aryl methyl sites for hydroxylation is 1. The summed E-state index contributed by atoms with van der Waals surface area (Å²) < 4.78 is 39.1. The van der Waals surface area contributed by atoms with Crippen LogP contribution >= 0.6 is 11.3 Å². The highest BCUT2D eigenvalue weighted by Gasteiger charge is 2.39. The van der Waals surface area contributed by atoms with Crippen LogP contribution in [0.4, 0.5) is 24.8 Å². The molecular formula is C28H31F3N6O3S. The van der Waals surface area contributed by atoms with Gasteiger partial charge in [-0.2, -0.15) is 13.2 Å². The van der Waals surface area contributed by atoms with Gasteiger partial charge in [0.05, 0.1) is 4.88 Å². The summed E-state index contributed by atoms with van der Waals surface area (Å²) in [6.07, 6.45) is 1.44. The van der Waals surface area contributed by atoms with Gasteiger partial charge in [0.15, 0.2) is 0 Å². The highest BCUT2D eigenvalue weighted by atomic mass is 32.1. The highest BCUT2D eigenvalue weighted by Crippen LogP contribution is 2.43. The molecule has 9 nitrogen and oxygen atoms in total. The second-order valence-corrected chi connectivity index (χ2v) is 11.6. The Morgan fingerprint density at radius 1 is 1.22 bits per heavy atom. The number of benzene rings is 1. The lowest BCUT2D eigenvalue weighted by Crippen LogP contribution is -2.41. The van der Waals surface area contributed by atoms with Crippen LogP contribution in [0.1, 0.15) is 54.8 Å². The van der Waals surface area contributed by atoms with E-state index in [0.29, 0.717) is 55.9 Å². The number of halogens is 3. The Morgan fingerprint density at radius 2 is 2.00 bits per heavy atom. The van der Waals surface area contributed by atoms with Gasteiger partial charge in [-0.25, -0.2) is 15.0 Å². The molecule has 2 aliphatic rings. The van der Waals surface area contributed by atoms with E-state index in [4.69, 9.17) is 0 Å². The molecule has 1 aliphatic heterocycles.